The first-order valence-corrected chi connectivity index (χ1v) is 11.4. The number of rotatable bonds is 5. The largest absolute Gasteiger partial charge is 0.350 e. The molecular weight excluding hydrogens is 439 g/mol. The van der Waals surface area contributed by atoms with E-state index in [4.69, 9.17) is 0 Å². The molecule has 1 N–H and O–H groups in total. The maximum absolute atomic E-state index is 14.0. The van der Waals surface area contributed by atoms with E-state index in [1.807, 2.05) is 62.7 Å². The van der Waals surface area contributed by atoms with Crippen LogP contribution in [0.25, 0.3) is 15.9 Å². The van der Waals surface area contributed by atoms with E-state index >= 15 is 0 Å². The fraction of sp³-hybridized carbons (Fsp3) is 0.240. The van der Waals surface area contributed by atoms with Crippen molar-refractivity contribution in [1.29, 1.82) is 0 Å². The third kappa shape index (κ3) is 4.96. The minimum atomic E-state index is -0.478. The van der Waals surface area contributed by atoms with Gasteiger partial charge in [-0.15, -0.1) is 11.3 Å². The van der Waals surface area contributed by atoms with Gasteiger partial charge in [-0.1, -0.05) is 24.3 Å². The molecule has 2 aromatic carbocycles. The number of carbonyl (C=O) groups excluding carboxylic acids is 2. The van der Waals surface area contributed by atoms with E-state index in [2.05, 4.69) is 10.4 Å². The highest BCUT2D eigenvalue weighted by molar-refractivity contribution is 7.20. The van der Waals surface area contributed by atoms with Crippen molar-refractivity contribution in [3.63, 3.8) is 0 Å². The van der Waals surface area contributed by atoms with Crippen LogP contribution in [0.5, 0.6) is 0 Å². The second-order valence-electron chi connectivity index (χ2n) is 8.83. The van der Waals surface area contributed by atoms with E-state index in [1.54, 1.807) is 12.1 Å². The molecule has 0 unspecified atom stereocenters. The average Bonchev–Trinajstić information content (AvgIpc) is 3.31. The van der Waals surface area contributed by atoms with E-state index < -0.39 is 11.4 Å². The van der Waals surface area contributed by atoms with Gasteiger partial charge in [-0.05, 0) is 64.1 Å². The predicted octanol–water partition coefficient (Wildman–Crippen LogP) is 5.10. The van der Waals surface area contributed by atoms with Crippen molar-refractivity contribution in [2.75, 3.05) is 11.4 Å². The van der Waals surface area contributed by atoms with Crippen LogP contribution < -0.4 is 10.2 Å². The van der Waals surface area contributed by atoms with E-state index in [-0.39, 0.29) is 18.4 Å². The number of aromatic nitrogens is 2. The van der Waals surface area contributed by atoms with Gasteiger partial charge in [-0.2, -0.15) is 5.10 Å². The van der Waals surface area contributed by atoms with Crippen molar-refractivity contribution in [3.05, 3.63) is 77.1 Å². The van der Waals surface area contributed by atoms with Gasteiger partial charge in [-0.3, -0.25) is 14.5 Å². The second kappa shape index (κ2) is 8.78. The molecule has 170 valence electrons. The molecule has 0 saturated carbocycles. The molecule has 4 aromatic rings. The van der Waals surface area contributed by atoms with Gasteiger partial charge in [0.15, 0.2) is 0 Å². The Kier molecular flexibility index (Phi) is 6.03. The lowest BCUT2D eigenvalue weighted by molar-refractivity contribution is -0.121. The van der Waals surface area contributed by atoms with Crippen LogP contribution in [-0.4, -0.2) is 33.7 Å². The fourth-order valence-electron chi connectivity index (χ4n) is 3.56. The van der Waals surface area contributed by atoms with Crippen LogP contribution in [0, 0.1) is 12.7 Å². The Balaban J connectivity index is 1.73. The lowest BCUT2D eigenvalue weighted by atomic mass is 10.1. The van der Waals surface area contributed by atoms with Gasteiger partial charge >= 0.3 is 0 Å². The van der Waals surface area contributed by atoms with Crippen molar-refractivity contribution >= 4 is 39.1 Å². The monoisotopic (exact) mass is 464 g/mol. The maximum Gasteiger partial charge on any atom is 0.268 e. The van der Waals surface area contributed by atoms with Crippen LogP contribution in [0.4, 0.5) is 10.1 Å². The predicted molar refractivity (Wildman–Crippen MR) is 130 cm³/mol. The summed E-state index contributed by atoms with van der Waals surface area (Å²) in [5, 5.41) is 8.34. The number of thiophene rings is 1. The number of benzene rings is 2. The summed E-state index contributed by atoms with van der Waals surface area (Å²) in [5.74, 6) is -1.17. The molecule has 8 heteroatoms. The van der Waals surface area contributed by atoms with Crippen LogP contribution in [0.1, 0.15) is 36.1 Å². The first-order chi connectivity index (χ1) is 15.6. The smallest absolute Gasteiger partial charge is 0.268 e. The number of carbonyl (C=O) groups is 2. The molecule has 2 heterocycles. The Bertz CT molecular complexity index is 1320. The molecule has 0 spiro atoms. The first-order valence-electron chi connectivity index (χ1n) is 10.6. The molecule has 2 aromatic heterocycles. The summed E-state index contributed by atoms with van der Waals surface area (Å²) < 4.78 is 15.8. The van der Waals surface area contributed by atoms with Gasteiger partial charge in [0.1, 0.15) is 17.2 Å². The number of aryl methyl sites for hydroxylation is 1. The van der Waals surface area contributed by atoms with Crippen LogP contribution in [0.15, 0.2) is 60.7 Å². The molecule has 6 nitrogen and oxygen atoms in total. The molecule has 33 heavy (non-hydrogen) atoms. The molecule has 0 radical (unpaired) electrons. The maximum atomic E-state index is 14.0. The standard InChI is InChI=1S/C25H25FN4O2S/c1-16-20-14-21(33-24(20)30(28-16)18-10-6-5-7-11-18)23(32)29(15-22(31)27-25(2,3)4)19-12-8-9-17(26)13-19/h5-14H,15H2,1-4H3,(H,27,31). The van der Waals surface area contributed by atoms with E-state index in [9.17, 15) is 14.0 Å². The zero-order valence-electron chi connectivity index (χ0n) is 18.9. The van der Waals surface area contributed by atoms with Gasteiger partial charge in [0, 0.05) is 16.6 Å². The highest BCUT2D eigenvalue weighted by Crippen LogP contribution is 2.32. The highest BCUT2D eigenvalue weighted by atomic mass is 32.1. The number of fused-ring (bicyclic) bond motifs is 1. The summed E-state index contributed by atoms with van der Waals surface area (Å²) in [6.07, 6.45) is 0. The molecule has 0 aliphatic carbocycles. The Hall–Kier alpha value is -3.52. The lowest BCUT2D eigenvalue weighted by Gasteiger charge is -2.25. The van der Waals surface area contributed by atoms with E-state index in [0.29, 0.717) is 10.6 Å². The molecule has 0 bridgehead atoms. The van der Waals surface area contributed by atoms with Crippen molar-refractivity contribution in [3.8, 4) is 5.69 Å². The number of amides is 2. The SMILES string of the molecule is Cc1nn(-c2ccccc2)c2sc(C(=O)N(CC(=O)NC(C)(C)C)c3cccc(F)c3)cc12. The summed E-state index contributed by atoms with van der Waals surface area (Å²) in [6, 6.07) is 17.2. The van der Waals surface area contributed by atoms with Crippen LogP contribution in [0.2, 0.25) is 0 Å². The zero-order valence-corrected chi connectivity index (χ0v) is 19.7. The number of anilines is 1. The van der Waals surface area contributed by atoms with Crippen LogP contribution in [0.3, 0.4) is 0 Å². The van der Waals surface area contributed by atoms with Gasteiger partial charge in [0.25, 0.3) is 5.91 Å². The number of para-hydroxylation sites is 1. The summed E-state index contributed by atoms with van der Waals surface area (Å²) >= 11 is 1.30. The second-order valence-corrected chi connectivity index (χ2v) is 9.86. The third-order valence-corrected chi connectivity index (χ3v) is 6.04. The fourth-order valence-corrected chi connectivity index (χ4v) is 4.69. The Morgan fingerprint density at radius 1 is 1.09 bits per heavy atom. The zero-order chi connectivity index (χ0) is 23.8. The molecule has 0 atom stereocenters. The van der Waals surface area contributed by atoms with Crippen molar-refractivity contribution in [2.24, 2.45) is 0 Å². The quantitative estimate of drug-likeness (QED) is 0.447. The Labute approximate surface area is 195 Å². The molecule has 4 rings (SSSR count). The Morgan fingerprint density at radius 3 is 2.48 bits per heavy atom. The average molecular weight is 465 g/mol. The molecule has 0 aliphatic heterocycles. The van der Waals surface area contributed by atoms with E-state index in [0.717, 1.165) is 21.6 Å². The highest BCUT2D eigenvalue weighted by Gasteiger charge is 2.26. The van der Waals surface area contributed by atoms with Gasteiger partial charge in [0.05, 0.1) is 16.3 Å². The summed E-state index contributed by atoms with van der Waals surface area (Å²) in [6.45, 7) is 7.26. The number of nitrogens with zero attached hydrogens (tertiary/aromatic N) is 3. The molecular formula is C25H25FN4O2S. The summed E-state index contributed by atoms with van der Waals surface area (Å²) in [7, 11) is 0. The number of hydrogen-bond acceptors (Lipinski definition) is 4. The van der Waals surface area contributed by atoms with E-state index in [1.165, 1.54) is 34.4 Å². The normalized spacial score (nSPS) is 11.5. The summed E-state index contributed by atoms with van der Waals surface area (Å²) in [4.78, 5) is 28.8. The number of nitrogens with one attached hydrogen (secondary N) is 1. The number of hydrogen-bond donors (Lipinski definition) is 1. The van der Waals surface area contributed by atoms with Crippen molar-refractivity contribution in [1.82, 2.24) is 15.1 Å². The number of halogens is 1. The molecule has 0 aliphatic rings. The van der Waals surface area contributed by atoms with Gasteiger partial charge < -0.3 is 5.32 Å². The van der Waals surface area contributed by atoms with Crippen molar-refractivity contribution < 1.29 is 14.0 Å². The van der Waals surface area contributed by atoms with Gasteiger partial charge in [-0.25, -0.2) is 9.07 Å². The Morgan fingerprint density at radius 2 is 1.82 bits per heavy atom. The van der Waals surface area contributed by atoms with Crippen LogP contribution >= 0.6 is 11.3 Å². The molecule has 0 fully saturated rings. The van der Waals surface area contributed by atoms with Gasteiger partial charge in [0.2, 0.25) is 5.91 Å². The summed E-state index contributed by atoms with van der Waals surface area (Å²) in [5.41, 5.74) is 1.56. The lowest BCUT2D eigenvalue weighted by Crippen LogP contribution is -2.47. The van der Waals surface area contributed by atoms with Crippen LogP contribution in [-0.2, 0) is 4.79 Å². The first kappa shape index (κ1) is 22.7. The minimum Gasteiger partial charge on any atom is -0.350 e. The topological polar surface area (TPSA) is 67.2 Å². The molecule has 2 amide bonds. The van der Waals surface area contributed by atoms with Crippen molar-refractivity contribution in [2.45, 2.75) is 33.2 Å². The third-order valence-electron chi connectivity index (χ3n) is 4.94. The minimum absolute atomic E-state index is 0.225. The molecule has 0 saturated heterocycles.